The zero-order valence-electron chi connectivity index (χ0n) is 14.0. The van der Waals surface area contributed by atoms with Crippen molar-refractivity contribution in [3.05, 3.63) is 47.8 Å². The normalized spacial score (nSPS) is 16.8. The van der Waals surface area contributed by atoms with Crippen molar-refractivity contribution in [1.82, 2.24) is 10.2 Å². The average Bonchev–Trinajstić information content (AvgIpc) is 3.26. The predicted octanol–water partition coefficient (Wildman–Crippen LogP) is 2.91. The van der Waals surface area contributed by atoms with Gasteiger partial charge in [0.15, 0.2) is 5.76 Å². The zero-order chi connectivity index (χ0) is 17.1. The largest absolute Gasteiger partial charge is 0.464 e. The number of hydrogen-bond donors (Lipinski definition) is 1. The Labute approximate surface area is 140 Å². The molecular formula is C18H22N2O4. The quantitative estimate of drug-likeness (QED) is 0.935. The van der Waals surface area contributed by atoms with E-state index in [1.807, 2.05) is 26.0 Å². The molecular weight excluding hydrogens is 308 g/mol. The van der Waals surface area contributed by atoms with E-state index in [2.05, 4.69) is 5.32 Å². The second-order valence-corrected chi connectivity index (χ2v) is 6.22. The minimum atomic E-state index is -0.158. The Hall–Kier alpha value is -2.50. The lowest BCUT2D eigenvalue weighted by Crippen LogP contribution is -2.43. The fraction of sp³-hybridized carbons (Fsp3) is 0.444. The van der Waals surface area contributed by atoms with Crippen molar-refractivity contribution < 1.29 is 18.4 Å². The molecule has 24 heavy (non-hydrogen) atoms. The van der Waals surface area contributed by atoms with Crippen LogP contribution < -0.4 is 5.32 Å². The summed E-state index contributed by atoms with van der Waals surface area (Å²) in [6, 6.07) is 6.97. The molecule has 0 spiro atoms. The Bertz CT molecular complexity index is 696. The molecule has 0 aromatic carbocycles. The summed E-state index contributed by atoms with van der Waals surface area (Å²) in [5.74, 6) is 1.76. The summed E-state index contributed by atoms with van der Waals surface area (Å²) >= 11 is 0. The maximum Gasteiger partial charge on any atom is 0.289 e. The first kappa shape index (κ1) is 16.4. The SMILES string of the molecule is Cc1ccc([C@@H](C)NC(=O)C2CCN(C(=O)c3ccco3)CC2)o1. The summed E-state index contributed by atoms with van der Waals surface area (Å²) in [7, 11) is 0. The molecule has 6 heteroatoms. The molecule has 6 nitrogen and oxygen atoms in total. The number of piperidine rings is 1. The van der Waals surface area contributed by atoms with Crippen LogP contribution in [0, 0.1) is 12.8 Å². The van der Waals surface area contributed by atoms with Crippen LogP contribution in [-0.2, 0) is 4.79 Å². The average molecular weight is 330 g/mol. The number of amides is 2. The highest BCUT2D eigenvalue weighted by molar-refractivity contribution is 5.91. The number of nitrogens with zero attached hydrogens (tertiary/aromatic N) is 1. The Kier molecular flexibility index (Phi) is 4.74. The third-order valence-corrected chi connectivity index (χ3v) is 4.43. The Morgan fingerprint density at radius 3 is 2.58 bits per heavy atom. The van der Waals surface area contributed by atoms with Crippen molar-refractivity contribution in [2.24, 2.45) is 5.92 Å². The van der Waals surface area contributed by atoms with E-state index >= 15 is 0 Å². The molecule has 0 bridgehead atoms. The molecule has 1 aliphatic heterocycles. The van der Waals surface area contributed by atoms with E-state index in [1.54, 1.807) is 17.0 Å². The Balaban J connectivity index is 1.51. The molecule has 3 rings (SSSR count). The minimum Gasteiger partial charge on any atom is -0.464 e. The number of likely N-dealkylation sites (tertiary alicyclic amines) is 1. The van der Waals surface area contributed by atoms with E-state index in [9.17, 15) is 9.59 Å². The third-order valence-electron chi connectivity index (χ3n) is 4.43. The third kappa shape index (κ3) is 3.53. The lowest BCUT2D eigenvalue weighted by molar-refractivity contribution is -0.127. The number of nitrogens with one attached hydrogen (secondary N) is 1. The maximum absolute atomic E-state index is 12.4. The molecule has 1 saturated heterocycles. The van der Waals surface area contributed by atoms with Crippen molar-refractivity contribution in [2.45, 2.75) is 32.7 Å². The Morgan fingerprint density at radius 1 is 1.25 bits per heavy atom. The van der Waals surface area contributed by atoms with Crippen LogP contribution in [0.3, 0.4) is 0 Å². The molecule has 2 amide bonds. The molecule has 0 unspecified atom stereocenters. The maximum atomic E-state index is 12.4. The number of carbonyl (C=O) groups is 2. The van der Waals surface area contributed by atoms with Crippen LogP contribution in [0.2, 0.25) is 0 Å². The van der Waals surface area contributed by atoms with E-state index < -0.39 is 0 Å². The molecule has 128 valence electrons. The van der Waals surface area contributed by atoms with Gasteiger partial charge in [-0.3, -0.25) is 9.59 Å². The molecule has 0 saturated carbocycles. The van der Waals surface area contributed by atoms with Crippen LogP contribution in [0.25, 0.3) is 0 Å². The standard InChI is InChI=1S/C18H22N2O4/c1-12-5-6-15(24-12)13(2)19-17(21)14-7-9-20(10-8-14)18(22)16-4-3-11-23-16/h3-6,11,13-14H,7-10H2,1-2H3,(H,19,21)/t13-/m1/s1. The summed E-state index contributed by atoms with van der Waals surface area (Å²) < 4.78 is 10.7. The molecule has 1 N–H and O–H groups in total. The van der Waals surface area contributed by atoms with Gasteiger partial charge >= 0.3 is 0 Å². The zero-order valence-corrected chi connectivity index (χ0v) is 14.0. The molecule has 1 atom stereocenters. The lowest BCUT2D eigenvalue weighted by atomic mass is 9.95. The van der Waals surface area contributed by atoms with Crippen LogP contribution >= 0.6 is 0 Å². The van der Waals surface area contributed by atoms with Crippen molar-refractivity contribution in [1.29, 1.82) is 0 Å². The minimum absolute atomic E-state index is 0.0154. The van der Waals surface area contributed by atoms with Crippen molar-refractivity contribution in [3.8, 4) is 0 Å². The van der Waals surface area contributed by atoms with E-state index in [4.69, 9.17) is 8.83 Å². The highest BCUT2D eigenvalue weighted by Crippen LogP contribution is 2.22. The van der Waals surface area contributed by atoms with Gasteiger partial charge < -0.3 is 19.1 Å². The summed E-state index contributed by atoms with van der Waals surface area (Å²) in [5, 5.41) is 3.00. The van der Waals surface area contributed by atoms with Crippen LogP contribution in [0.15, 0.2) is 39.4 Å². The lowest BCUT2D eigenvalue weighted by Gasteiger charge is -2.31. The first-order valence-corrected chi connectivity index (χ1v) is 8.24. The van der Waals surface area contributed by atoms with Gasteiger partial charge in [-0.05, 0) is 51.0 Å². The van der Waals surface area contributed by atoms with Gasteiger partial charge in [0.1, 0.15) is 11.5 Å². The van der Waals surface area contributed by atoms with Gasteiger partial charge in [0.25, 0.3) is 5.91 Å². The topological polar surface area (TPSA) is 75.7 Å². The molecule has 2 aromatic rings. The number of furan rings is 2. The second-order valence-electron chi connectivity index (χ2n) is 6.22. The summed E-state index contributed by atoms with van der Waals surface area (Å²) in [6.45, 7) is 4.91. The monoisotopic (exact) mass is 330 g/mol. The molecule has 0 radical (unpaired) electrons. The number of aryl methyl sites for hydroxylation is 1. The summed E-state index contributed by atoms with van der Waals surface area (Å²) in [5.41, 5.74) is 0. The Morgan fingerprint density at radius 2 is 2.00 bits per heavy atom. The van der Waals surface area contributed by atoms with Crippen LogP contribution in [0.5, 0.6) is 0 Å². The molecule has 3 heterocycles. The van der Waals surface area contributed by atoms with E-state index in [-0.39, 0.29) is 23.8 Å². The van der Waals surface area contributed by atoms with Gasteiger partial charge in [-0.2, -0.15) is 0 Å². The van der Waals surface area contributed by atoms with Crippen LogP contribution in [-0.4, -0.2) is 29.8 Å². The van der Waals surface area contributed by atoms with Crippen molar-refractivity contribution in [3.63, 3.8) is 0 Å². The first-order valence-electron chi connectivity index (χ1n) is 8.24. The van der Waals surface area contributed by atoms with Gasteiger partial charge in [-0.25, -0.2) is 0 Å². The van der Waals surface area contributed by atoms with Crippen molar-refractivity contribution >= 4 is 11.8 Å². The fourth-order valence-corrected chi connectivity index (χ4v) is 2.99. The van der Waals surface area contributed by atoms with Gasteiger partial charge in [0, 0.05) is 19.0 Å². The first-order chi connectivity index (χ1) is 11.5. The summed E-state index contributed by atoms with van der Waals surface area (Å²) in [4.78, 5) is 26.4. The number of hydrogen-bond acceptors (Lipinski definition) is 4. The van der Waals surface area contributed by atoms with Crippen LogP contribution in [0.4, 0.5) is 0 Å². The van der Waals surface area contributed by atoms with Crippen LogP contribution in [0.1, 0.15) is 47.9 Å². The molecule has 2 aromatic heterocycles. The van der Waals surface area contributed by atoms with E-state index in [0.29, 0.717) is 31.7 Å². The van der Waals surface area contributed by atoms with E-state index in [1.165, 1.54) is 6.26 Å². The fourth-order valence-electron chi connectivity index (χ4n) is 2.99. The number of carbonyl (C=O) groups excluding carboxylic acids is 2. The molecule has 1 fully saturated rings. The van der Waals surface area contributed by atoms with Gasteiger partial charge in [0.2, 0.25) is 5.91 Å². The predicted molar refractivity (Wildman–Crippen MR) is 87.3 cm³/mol. The smallest absolute Gasteiger partial charge is 0.289 e. The summed E-state index contributed by atoms with van der Waals surface area (Å²) in [6.07, 6.45) is 2.80. The molecule has 0 aliphatic carbocycles. The highest BCUT2D eigenvalue weighted by Gasteiger charge is 2.29. The number of rotatable bonds is 4. The van der Waals surface area contributed by atoms with Gasteiger partial charge in [-0.1, -0.05) is 0 Å². The second kappa shape index (κ2) is 6.95. The molecule has 1 aliphatic rings. The van der Waals surface area contributed by atoms with Gasteiger partial charge in [-0.15, -0.1) is 0 Å². The van der Waals surface area contributed by atoms with E-state index in [0.717, 1.165) is 11.5 Å². The highest BCUT2D eigenvalue weighted by atomic mass is 16.3. The van der Waals surface area contributed by atoms with Crippen molar-refractivity contribution in [2.75, 3.05) is 13.1 Å². The van der Waals surface area contributed by atoms with Gasteiger partial charge in [0.05, 0.1) is 12.3 Å².